The second-order valence-corrected chi connectivity index (χ2v) is 5.59. The maximum Gasteiger partial charge on any atom is 0.573 e. The molecule has 0 saturated carbocycles. The minimum Gasteiger partial charge on any atom is -0.462 e. The number of aryl methyl sites for hydroxylation is 1. The maximum absolute atomic E-state index is 13.5. The summed E-state index contributed by atoms with van der Waals surface area (Å²) in [6.45, 7) is 3.43. The Kier molecular flexibility index (Phi) is 6.55. The van der Waals surface area contributed by atoms with Gasteiger partial charge in [-0.3, -0.25) is 0 Å². The summed E-state index contributed by atoms with van der Waals surface area (Å²) < 4.78 is 59.1. The molecule has 0 saturated heterocycles. The highest BCUT2D eigenvalue weighted by atomic mass is 19.4. The van der Waals surface area contributed by atoms with Gasteiger partial charge in [-0.1, -0.05) is 6.07 Å². The van der Waals surface area contributed by atoms with E-state index < -0.39 is 23.9 Å². The molecule has 28 heavy (non-hydrogen) atoms. The van der Waals surface area contributed by atoms with E-state index in [1.54, 1.807) is 13.8 Å². The molecule has 6 nitrogen and oxygen atoms in total. The van der Waals surface area contributed by atoms with Crippen molar-refractivity contribution in [3.63, 3.8) is 0 Å². The number of nitrogens with zero attached hydrogens (tertiary/aromatic N) is 2. The van der Waals surface area contributed by atoms with Crippen LogP contribution < -0.4 is 10.5 Å². The number of aromatic nitrogens is 2. The van der Waals surface area contributed by atoms with Gasteiger partial charge in [0.25, 0.3) is 0 Å². The zero-order valence-corrected chi connectivity index (χ0v) is 15.0. The van der Waals surface area contributed by atoms with Gasteiger partial charge in [0, 0.05) is 24.5 Å². The molecule has 0 aliphatic carbocycles. The molecule has 1 heterocycles. The fourth-order valence-corrected chi connectivity index (χ4v) is 2.32. The van der Waals surface area contributed by atoms with Gasteiger partial charge in [-0.05, 0) is 37.1 Å². The Balaban J connectivity index is 2.26. The molecule has 0 aliphatic rings. The molecule has 1 aromatic heterocycles. The third kappa shape index (κ3) is 5.41. The first-order chi connectivity index (χ1) is 13.1. The van der Waals surface area contributed by atoms with Crippen LogP contribution in [0.3, 0.4) is 0 Å². The quantitative estimate of drug-likeness (QED) is 0.456. The number of benzene rings is 1. The van der Waals surface area contributed by atoms with Gasteiger partial charge in [0.15, 0.2) is 17.4 Å². The van der Waals surface area contributed by atoms with Crippen molar-refractivity contribution in [3.8, 4) is 5.75 Å². The van der Waals surface area contributed by atoms with Gasteiger partial charge in [0.05, 0.1) is 6.61 Å². The van der Waals surface area contributed by atoms with E-state index in [1.807, 2.05) is 0 Å². The number of halogens is 4. The van der Waals surface area contributed by atoms with Crippen LogP contribution in [0.5, 0.6) is 5.75 Å². The Morgan fingerprint density at radius 3 is 2.61 bits per heavy atom. The Labute approximate surface area is 158 Å². The molecule has 0 unspecified atom stereocenters. The van der Waals surface area contributed by atoms with Crippen molar-refractivity contribution in [2.45, 2.75) is 26.6 Å². The third-order valence-electron chi connectivity index (χ3n) is 3.60. The lowest BCUT2D eigenvalue weighted by Crippen LogP contribution is -2.18. The molecule has 0 spiro atoms. The Morgan fingerprint density at radius 2 is 2.04 bits per heavy atom. The Hall–Kier alpha value is -3.17. The van der Waals surface area contributed by atoms with Crippen molar-refractivity contribution in [2.24, 2.45) is 5.73 Å². The predicted octanol–water partition coefficient (Wildman–Crippen LogP) is 3.28. The van der Waals surface area contributed by atoms with Crippen LogP contribution in [0.15, 0.2) is 30.6 Å². The molecule has 0 bridgehead atoms. The Morgan fingerprint density at radius 1 is 1.32 bits per heavy atom. The molecule has 0 atom stereocenters. The second-order valence-electron chi connectivity index (χ2n) is 5.59. The topological polar surface area (TPSA) is 87.3 Å². The van der Waals surface area contributed by atoms with E-state index >= 15 is 0 Å². The summed E-state index contributed by atoms with van der Waals surface area (Å²) >= 11 is 0. The summed E-state index contributed by atoms with van der Waals surface area (Å²) in [5.74, 6) is -2.67. The highest BCUT2D eigenvalue weighted by Gasteiger charge is 2.32. The van der Waals surface area contributed by atoms with Gasteiger partial charge < -0.3 is 15.2 Å². The van der Waals surface area contributed by atoms with Crippen LogP contribution in [0.25, 0.3) is 5.57 Å². The van der Waals surface area contributed by atoms with Crippen molar-refractivity contribution in [1.29, 1.82) is 0 Å². The van der Waals surface area contributed by atoms with Crippen LogP contribution in [0.2, 0.25) is 0 Å². The average Bonchev–Trinajstić information content (AvgIpc) is 2.60. The van der Waals surface area contributed by atoms with E-state index in [4.69, 9.17) is 10.5 Å². The molecule has 2 N–H and O–H groups in total. The largest absolute Gasteiger partial charge is 0.573 e. The lowest BCUT2D eigenvalue weighted by Gasteiger charge is -2.12. The van der Waals surface area contributed by atoms with Crippen molar-refractivity contribution >= 4 is 11.5 Å². The van der Waals surface area contributed by atoms with Crippen LogP contribution >= 0.6 is 0 Å². The smallest absolute Gasteiger partial charge is 0.462 e. The van der Waals surface area contributed by atoms with Crippen LogP contribution in [0.4, 0.5) is 17.6 Å². The molecule has 2 aromatic rings. The molecular weight excluding hydrogens is 382 g/mol. The molecule has 0 amide bonds. The normalized spacial score (nSPS) is 12.0. The summed E-state index contributed by atoms with van der Waals surface area (Å²) in [6, 6.07) is 3.17. The first kappa shape index (κ1) is 21.1. The zero-order valence-electron chi connectivity index (χ0n) is 15.0. The molecule has 0 aliphatic heterocycles. The van der Waals surface area contributed by atoms with Crippen molar-refractivity contribution in [1.82, 2.24) is 9.97 Å². The molecule has 2 rings (SSSR count). The van der Waals surface area contributed by atoms with Gasteiger partial charge in [-0.25, -0.2) is 19.2 Å². The molecule has 150 valence electrons. The van der Waals surface area contributed by atoms with Crippen LogP contribution in [-0.4, -0.2) is 28.9 Å². The summed E-state index contributed by atoms with van der Waals surface area (Å²) in [6.07, 6.45) is -2.43. The van der Waals surface area contributed by atoms with Crippen LogP contribution in [0, 0.1) is 12.7 Å². The number of esters is 1. The number of alkyl halides is 3. The number of nitrogens with two attached hydrogens (primary N) is 1. The highest BCUT2D eigenvalue weighted by molar-refractivity contribution is 6.15. The second kappa shape index (κ2) is 8.68. The van der Waals surface area contributed by atoms with E-state index in [0.29, 0.717) is 16.8 Å². The summed E-state index contributed by atoms with van der Waals surface area (Å²) in [7, 11) is 0. The fraction of sp³-hybridized carbons (Fsp3) is 0.278. The van der Waals surface area contributed by atoms with Gasteiger partial charge in [0.2, 0.25) is 0 Å². The van der Waals surface area contributed by atoms with Gasteiger partial charge in [-0.15, -0.1) is 13.2 Å². The Bertz CT molecular complexity index is 898. The van der Waals surface area contributed by atoms with E-state index in [1.165, 1.54) is 12.3 Å². The summed E-state index contributed by atoms with van der Waals surface area (Å²) in [4.78, 5) is 20.1. The first-order valence-corrected chi connectivity index (χ1v) is 8.10. The number of carbonyl (C=O) groups is 1. The SMILES string of the molecule is CCOC(=O)/C(=C/N)c1ncc(Cc2ccc(F)c(OC(F)(F)F)c2)c(C)n1. The highest BCUT2D eigenvalue weighted by Crippen LogP contribution is 2.27. The van der Waals surface area contributed by atoms with Crippen LogP contribution in [0.1, 0.15) is 29.6 Å². The molecule has 1 aromatic carbocycles. The number of hydrogen-bond donors (Lipinski definition) is 1. The summed E-state index contributed by atoms with van der Waals surface area (Å²) in [5.41, 5.74) is 6.82. The molecule has 10 heteroatoms. The first-order valence-electron chi connectivity index (χ1n) is 8.10. The van der Waals surface area contributed by atoms with Crippen LogP contribution in [-0.2, 0) is 16.0 Å². The predicted molar refractivity (Wildman–Crippen MR) is 91.5 cm³/mol. The van der Waals surface area contributed by atoms with Crippen molar-refractivity contribution < 1.29 is 31.8 Å². The average molecular weight is 399 g/mol. The standard InChI is InChI=1S/C18H17F4N3O3/c1-3-27-17(26)13(8-23)16-24-9-12(10(2)25-16)6-11-4-5-14(19)15(7-11)28-18(20,21)22/h4-5,7-9H,3,6,23H2,1-2H3/b13-8+. The monoisotopic (exact) mass is 399 g/mol. The number of rotatable bonds is 6. The van der Waals surface area contributed by atoms with Crippen molar-refractivity contribution in [3.05, 3.63) is 59.1 Å². The van der Waals surface area contributed by atoms with E-state index in [-0.39, 0.29) is 24.4 Å². The molecular formula is C18H17F4N3O3. The lowest BCUT2D eigenvalue weighted by atomic mass is 10.0. The van der Waals surface area contributed by atoms with Gasteiger partial charge in [0.1, 0.15) is 5.57 Å². The summed E-state index contributed by atoms with van der Waals surface area (Å²) in [5, 5.41) is 0. The zero-order chi connectivity index (χ0) is 20.9. The number of carbonyl (C=O) groups excluding carboxylic acids is 1. The minimum atomic E-state index is -5.00. The van der Waals surface area contributed by atoms with E-state index in [9.17, 15) is 22.4 Å². The molecule has 0 fully saturated rings. The fourth-order valence-electron chi connectivity index (χ4n) is 2.32. The molecule has 0 radical (unpaired) electrons. The lowest BCUT2D eigenvalue weighted by molar-refractivity contribution is -0.275. The van der Waals surface area contributed by atoms with E-state index in [2.05, 4.69) is 14.7 Å². The minimum absolute atomic E-state index is 0.0147. The maximum atomic E-state index is 13.5. The number of ether oxygens (including phenoxy) is 2. The van der Waals surface area contributed by atoms with Gasteiger partial charge >= 0.3 is 12.3 Å². The number of hydrogen-bond acceptors (Lipinski definition) is 6. The van der Waals surface area contributed by atoms with Crippen molar-refractivity contribution in [2.75, 3.05) is 6.61 Å². The van der Waals surface area contributed by atoms with E-state index in [0.717, 1.165) is 18.3 Å². The third-order valence-corrected chi connectivity index (χ3v) is 3.60. The van der Waals surface area contributed by atoms with Gasteiger partial charge in [-0.2, -0.15) is 0 Å².